The fourth-order valence-electron chi connectivity index (χ4n) is 1.92. The van der Waals surface area contributed by atoms with Crippen LogP contribution in [0.3, 0.4) is 0 Å². The van der Waals surface area contributed by atoms with Gasteiger partial charge in [-0.15, -0.1) is 6.58 Å². The zero-order valence-electron chi connectivity index (χ0n) is 10.4. The Balaban J connectivity index is 2.24. The Morgan fingerprint density at radius 1 is 1.11 bits per heavy atom. The largest absolute Gasteiger partial charge is 0.376 e. The van der Waals surface area contributed by atoms with Crippen LogP contribution in [0.15, 0.2) is 61.2 Å². The summed E-state index contributed by atoms with van der Waals surface area (Å²) in [5.41, 5.74) is 1.32. The monoisotopic (exact) mass is 259 g/mol. The molecule has 1 N–H and O–H groups in total. The molecule has 0 aliphatic carbocycles. The third-order valence-corrected chi connectivity index (χ3v) is 2.87. The summed E-state index contributed by atoms with van der Waals surface area (Å²) in [6, 6.07) is 13.1. The minimum absolute atomic E-state index is 0.0846. The molecule has 0 aliphatic heterocycles. The summed E-state index contributed by atoms with van der Waals surface area (Å²) in [7, 11) is 0. The van der Waals surface area contributed by atoms with Gasteiger partial charge >= 0.3 is 0 Å². The van der Waals surface area contributed by atoms with E-state index >= 15 is 0 Å². The Kier molecular flexibility index (Phi) is 4.29. The van der Waals surface area contributed by atoms with Crippen LogP contribution in [-0.4, -0.2) is 0 Å². The van der Waals surface area contributed by atoms with Crippen molar-refractivity contribution in [1.29, 1.82) is 0 Å². The molecule has 0 radical (unpaired) electrons. The smallest absolute Gasteiger partial charge is 0.149 e. The Morgan fingerprint density at radius 2 is 1.84 bits per heavy atom. The average Bonchev–Trinajstić information content (AvgIpc) is 2.42. The molecule has 0 heterocycles. The zero-order chi connectivity index (χ0) is 13.7. The number of benzene rings is 2. The second kappa shape index (κ2) is 6.14. The van der Waals surface area contributed by atoms with Crippen molar-refractivity contribution in [3.8, 4) is 0 Å². The number of rotatable bonds is 5. The van der Waals surface area contributed by atoms with Crippen LogP contribution in [0.5, 0.6) is 0 Å². The first-order chi connectivity index (χ1) is 9.20. The predicted octanol–water partition coefficient (Wildman–Crippen LogP) is 4.69. The van der Waals surface area contributed by atoms with E-state index in [1.165, 1.54) is 12.1 Å². The van der Waals surface area contributed by atoms with Gasteiger partial charge < -0.3 is 5.32 Å². The second-order valence-electron chi connectivity index (χ2n) is 4.26. The van der Waals surface area contributed by atoms with Gasteiger partial charge in [0.15, 0.2) is 0 Å². The van der Waals surface area contributed by atoms with Gasteiger partial charge in [0.05, 0.1) is 11.7 Å². The summed E-state index contributed by atoms with van der Waals surface area (Å²) in [6.07, 6.45) is 2.42. The van der Waals surface area contributed by atoms with Gasteiger partial charge in [-0.2, -0.15) is 0 Å². The minimum Gasteiger partial charge on any atom is -0.376 e. The molecule has 0 aliphatic rings. The van der Waals surface area contributed by atoms with Crippen molar-refractivity contribution in [2.24, 2.45) is 0 Å². The van der Waals surface area contributed by atoms with E-state index in [9.17, 15) is 8.78 Å². The van der Waals surface area contributed by atoms with Crippen LogP contribution in [0.2, 0.25) is 0 Å². The second-order valence-corrected chi connectivity index (χ2v) is 4.26. The Morgan fingerprint density at radius 3 is 2.47 bits per heavy atom. The minimum atomic E-state index is -0.593. The first kappa shape index (κ1) is 13.3. The summed E-state index contributed by atoms with van der Waals surface area (Å²) in [5.74, 6) is -1.17. The van der Waals surface area contributed by atoms with Crippen molar-refractivity contribution in [2.75, 3.05) is 5.32 Å². The molecule has 0 saturated carbocycles. The average molecular weight is 259 g/mol. The van der Waals surface area contributed by atoms with E-state index in [4.69, 9.17) is 0 Å². The first-order valence-corrected chi connectivity index (χ1v) is 6.08. The van der Waals surface area contributed by atoms with E-state index in [1.54, 1.807) is 6.08 Å². The number of anilines is 1. The third kappa shape index (κ3) is 3.41. The topological polar surface area (TPSA) is 12.0 Å². The van der Waals surface area contributed by atoms with Gasteiger partial charge in [0, 0.05) is 6.07 Å². The van der Waals surface area contributed by atoms with Crippen LogP contribution in [0.1, 0.15) is 18.0 Å². The highest BCUT2D eigenvalue weighted by atomic mass is 19.1. The van der Waals surface area contributed by atoms with Crippen LogP contribution in [0, 0.1) is 11.6 Å². The van der Waals surface area contributed by atoms with Crippen LogP contribution >= 0.6 is 0 Å². The van der Waals surface area contributed by atoms with E-state index in [2.05, 4.69) is 11.9 Å². The fraction of sp³-hybridized carbons (Fsp3) is 0.125. The lowest BCUT2D eigenvalue weighted by molar-refractivity contribution is 0.583. The van der Waals surface area contributed by atoms with E-state index < -0.39 is 11.6 Å². The highest BCUT2D eigenvalue weighted by Gasteiger charge is 2.12. The normalized spacial score (nSPS) is 11.9. The molecule has 2 rings (SSSR count). The Labute approximate surface area is 111 Å². The number of hydrogen-bond donors (Lipinski definition) is 1. The molecule has 0 saturated heterocycles. The fourth-order valence-corrected chi connectivity index (χ4v) is 1.92. The van der Waals surface area contributed by atoms with Crippen molar-refractivity contribution in [3.05, 3.63) is 78.4 Å². The van der Waals surface area contributed by atoms with Gasteiger partial charge in [-0.25, -0.2) is 8.78 Å². The van der Waals surface area contributed by atoms with Crippen LogP contribution in [0.4, 0.5) is 14.5 Å². The van der Waals surface area contributed by atoms with Crippen molar-refractivity contribution < 1.29 is 8.78 Å². The molecular formula is C16H15F2N. The van der Waals surface area contributed by atoms with Crippen molar-refractivity contribution in [1.82, 2.24) is 0 Å². The molecule has 2 aromatic carbocycles. The van der Waals surface area contributed by atoms with Crippen LogP contribution in [0.25, 0.3) is 0 Å². The number of hydrogen-bond acceptors (Lipinski definition) is 1. The number of nitrogens with one attached hydrogen (secondary N) is 1. The maximum absolute atomic E-state index is 13.6. The molecule has 0 spiro atoms. The summed E-state index contributed by atoms with van der Waals surface area (Å²) in [4.78, 5) is 0. The standard InChI is InChI=1S/C16H15F2N/c1-2-6-15(12-7-4-3-5-8-12)19-16-10-9-13(17)11-14(16)18/h2-5,7-11,15,19H,1,6H2. The number of halogens is 2. The maximum atomic E-state index is 13.6. The molecule has 0 fully saturated rings. The molecule has 0 aromatic heterocycles. The van der Waals surface area contributed by atoms with Gasteiger partial charge in [0.25, 0.3) is 0 Å². The highest BCUT2D eigenvalue weighted by molar-refractivity contribution is 5.47. The summed E-state index contributed by atoms with van der Waals surface area (Å²) < 4.78 is 26.5. The first-order valence-electron chi connectivity index (χ1n) is 6.08. The SMILES string of the molecule is C=CCC(Nc1ccc(F)cc1F)c1ccccc1. The molecule has 0 amide bonds. The van der Waals surface area contributed by atoms with Gasteiger partial charge in [0.2, 0.25) is 0 Å². The molecule has 19 heavy (non-hydrogen) atoms. The zero-order valence-corrected chi connectivity index (χ0v) is 10.4. The summed E-state index contributed by atoms with van der Waals surface area (Å²) in [5, 5.41) is 3.08. The van der Waals surface area contributed by atoms with E-state index in [0.717, 1.165) is 11.6 Å². The highest BCUT2D eigenvalue weighted by Crippen LogP contribution is 2.25. The van der Waals surface area contributed by atoms with Gasteiger partial charge in [-0.3, -0.25) is 0 Å². The molecule has 2 aromatic rings. The molecule has 0 bridgehead atoms. The lowest BCUT2D eigenvalue weighted by Crippen LogP contribution is -2.11. The molecular weight excluding hydrogens is 244 g/mol. The maximum Gasteiger partial charge on any atom is 0.149 e. The Bertz CT molecular complexity index is 552. The lowest BCUT2D eigenvalue weighted by atomic mass is 10.0. The molecule has 1 nitrogen and oxygen atoms in total. The molecule has 1 unspecified atom stereocenters. The summed E-state index contributed by atoms with van der Waals surface area (Å²) in [6.45, 7) is 3.71. The van der Waals surface area contributed by atoms with Gasteiger partial charge in [0.1, 0.15) is 11.6 Å². The third-order valence-electron chi connectivity index (χ3n) is 2.87. The summed E-state index contributed by atoms with van der Waals surface area (Å²) >= 11 is 0. The van der Waals surface area contributed by atoms with E-state index in [0.29, 0.717) is 6.42 Å². The van der Waals surface area contributed by atoms with Gasteiger partial charge in [-0.1, -0.05) is 36.4 Å². The van der Waals surface area contributed by atoms with Crippen molar-refractivity contribution in [3.63, 3.8) is 0 Å². The van der Waals surface area contributed by atoms with Crippen molar-refractivity contribution >= 4 is 5.69 Å². The van der Waals surface area contributed by atoms with Crippen molar-refractivity contribution in [2.45, 2.75) is 12.5 Å². The van der Waals surface area contributed by atoms with Crippen LogP contribution in [-0.2, 0) is 0 Å². The van der Waals surface area contributed by atoms with Crippen LogP contribution < -0.4 is 5.32 Å². The lowest BCUT2D eigenvalue weighted by Gasteiger charge is -2.19. The van der Waals surface area contributed by atoms with E-state index in [-0.39, 0.29) is 11.7 Å². The van der Waals surface area contributed by atoms with E-state index in [1.807, 2.05) is 30.3 Å². The molecule has 98 valence electrons. The molecule has 1 atom stereocenters. The Hall–Kier alpha value is -2.16. The quantitative estimate of drug-likeness (QED) is 0.768. The van der Waals surface area contributed by atoms with Gasteiger partial charge in [-0.05, 0) is 24.1 Å². The predicted molar refractivity (Wildman–Crippen MR) is 74.0 cm³/mol. The molecule has 3 heteroatoms.